The molecule has 2 aliphatic rings. The summed E-state index contributed by atoms with van der Waals surface area (Å²) in [5, 5.41) is 6.76. The molecule has 7 heteroatoms. The van der Waals surface area contributed by atoms with Crippen molar-refractivity contribution < 1.29 is 17.9 Å². The van der Waals surface area contributed by atoms with E-state index in [9.17, 15) is 13.2 Å². The first-order valence-electron chi connectivity index (χ1n) is 9.51. The molecule has 3 rings (SSSR count). The third kappa shape index (κ3) is 3.93. The number of nitrogens with zero attached hydrogens (tertiary/aromatic N) is 1. The van der Waals surface area contributed by atoms with Crippen LogP contribution in [0, 0.1) is 11.3 Å². The Morgan fingerprint density at radius 2 is 2.11 bits per heavy atom. The van der Waals surface area contributed by atoms with Gasteiger partial charge in [-0.05, 0) is 38.0 Å². The topological polar surface area (TPSA) is 45.7 Å². The molecule has 150 valence electrons. The molecule has 1 saturated carbocycles. The number of aliphatic imine (C=N–C) groups is 1. The molecule has 27 heavy (non-hydrogen) atoms. The van der Waals surface area contributed by atoms with E-state index in [1.165, 1.54) is 12.1 Å². The molecule has 1 saturated heterocycles. The molecule has 0 bridgehead atoms. The fourth-order valence-electron chi connectivity index (χ4n) is 4.33. The summed E-state index contributed by atoms with van der Waals surface area (Å²) in [6.45, 7) is 9.50. The van der Waals surface area contributed by atoms with Crippen molar-refractivity contribution in [3.05, 3.63) is 35.4 Å². The van der Waals surface area contributed by atoms with Crippen LogP contribution >= 0.6 is 0 Å². The normalized spacial score (nSPS) is 28.3. The van der Waals surface area contributed by atoms with Crippen molar-refractivity contribution >= 4 is 5.96 Å². The lowest BCUT2D eigenvalue weighted by Crippen LogP contribution is -2.68. The summed E-state index contributed by atoms with van der Waals surface area (Å²) in [5.74, 6) is 1.08. The summed E-state index contributed by atoms with van der Waals surface area (Å²) in [4.78, 5) is 4.49. The summed E-state index contributed by atoms with van der Waals surface area (Å²) in [7, 11) is 0. The maximum absolute atomic E-state index is 13.0. The number of hydrogen-bond acceptors (Lipinski definition) is 2. The van der Waals surface area contributed by atoms with E-state index in [1.807, 2.05) is 13.8 Å². The van der Waals surface area contributed by atoms with Gasteiger partial charge >= 0.3 is 6.18 Å². The summed E-state index contributed by atoms with van der Waals surface area (Å²) >= 11 is 0. The van der Waals surface area contributed by atoms with Gasteiger partial charge in [0, 0.05) is 30.5 Å². The fourth-order valence-corrected chi connectivity index (χ4v) is 4.33. The second-order valence-electron chi connectivity index (χ2n) is 8.00. The van der Waals surface area contributed by atoms with Crippen LogP contribution in [0.15, 0.2) is 29.3 Å². The molecule has 4 atom stereocenters. The lowest BCUT2D eigenvalue weighted by atomic mass is 9.57. The number of halogens is 3. The van der Waals surface area contributed by atoms with Crippen LogP contribution in [-0.4, -0.2) is 31.3 Å². The second-order valence-corrected chi connectivity index (χ2v) is 8.00. The van der Waals surface area contributed by atoms with Gasteiger partial charge in [0.15, 0.2) is 5.96 Å². The van der Waals surface area contributed by atoms with Crippen LogP contribution in [0.2, 0.25) is 0 Å². The Bertz CT molecular complexity index is 702. The van der Waals surface area contributed by atoms with Gasteiger partial charge in [-0.25, -0.2) is 0 Å². The predicted molar refractivity (Wildman–Crippen MR) is 99.5 cm³/mol. The molecule has 1 aliphatic carbocycles. The molecule has 4 nitrogen and oxygen atoms in total. The highest BCUT2D eigenvalue weighted by Gasteiger charge is 2.59. The molecule has 1 aliphatic heterocycles. The van der Waals surface area contributed by atoms with E-state index in [1.54, 1.807) is 6.07 Å². The molecule has 0 spiro atoms. The van der Waals surface area contributed by atoms with E-state index in [0.29, 0.717) is 24.0 Å². The Balaban J connectivity index is 1.71. The SMILES string of the molecule is CCN=C(NC(C)c1cccc(C(F)(F)F)c1)NC1C2CCOC2C1(C)C. The van der Waals surface area contributed by atoms with Crippen molar-refractivity contribution in [2.75, 3.05) is 13.2 Å². The zero-order valence-corrected chi connectivity index (χ0v) is 16.2. The van der Waals surface area contributed by atoms with Crippen LogP contribution in [-0.2, 0) is 10.9 Å². The molecule has 2 fully saturated rings. The third-order valence-electron chi connectivity index (χ3n) is 5.78. The fraction of sp³-hybridized carbons (Fsp3) is 0.650. The highest BCUT2D eigenvalue weighted by Crippen LogP contribution is 2.52. The second kappa shape index (κ2) is 7.34. The van der Waals surface area contributed by atoms with Crippen LogP contribution in [0.4, 0.5) is 13.2 Å². The number of rotatable bonds is 4. The molecular formula is C20H28F3N3O. The highest BCUT2D eigenvalue weighted by molar-refractivity contribution is 5.81. The van der Waals surface area contributed by atoms with E-state index in [0.717, 1.165) is 19.1 Å². The Labute approximate surface area is 158 Å². The molecule has 0 aromatic heterocycles. The first-order valence-corrected chi connectivity index (χ1v) is 9.51. The van der Waals surface area contributed by atoms with Crippen molar-refractivity contribution in [2.24, 2.45) is 16.3 Å². The number of hydrogen-bond donors (Lipinski definition) is 2. The number of ether oxygens (including phenoxy) is 1. The van der Waals surface area contributed by atoms with E-state index in [2.05, 4.69) is 29.5 Å². The molecule has 4 unspecified atom stereocenters. The monoisotopic (exact) mass is 383 g/mol. The average Bonchev–Trinajstić information content (AvgIpc) is 3.06. The van der Waals surface area contributed by atoms with Gasteiger partial charge in [0.1, 0.15) is 0 Å². The van der Waals surface area contributed by atoms with Crippen LogP contribution in [0.25, 0.3) is 0 Å². The van der Waals surface area contributed by atoms with Crippen LogP contribution in [0.1, 0.15) is 51.3 Å². The first-order chi connectivity index (χ1) is 12.6. The Hall–Kier alpha value is -1.76. The van der Waals surface area contributed by atoms with Gasteiger partial charge in [0.05, 0.1) is 17.7 Å². The first kappa shape index (κ1) is 20.0. The molecule has 2 N–H and O–H groups in total. The molecule has 1 aromatic rings. The minimum Gasteiger partial charge on any atom is -0.377 e. The van der Waals surface area contributed by atoms with Gasteiger partial charge in [0.25, 0.3) is 0 Å². The molecule has 1 aromatic carbocycles. The summed E-state index contributed by atoms with van der Waals surface area (Å²) < 4.78 is 44.8. The van der Waals surface area contributed by atoms with Crippen molar-refractivity contribution in [1.29, 1.82) is 0 Å². The van der Waals surface area contributed by atoms with Gasteiger partial charge in [-0.15, -0.1) is 0 Å². The number of benzene rings is 1. The largest absolute Gasteiger partial charge is 0.416 e. The van der Waals surface area contributed by atoms with E-state index in [-0.39, 0.29) is 23.6 Å². The highest BCUT2D eigenvalue weighted by atomic mass is 19.4. The standard InChI is InChI=1S/C20H28F3N3O/c1-5-24-18(26-16-15-9-10-27-17(15)19(16,3)4)25-12(2)13-7-6-8-14(11-13)20(21,22)23/h6-8,11-12,15-17H,5,9-10H2,1-4H3,(H2,24,25,26). The van der Waals surface area contributed by atoms with E-state index in [4.69, 9.17) is 4.74 Å². The maximum atomic E-state index is 13.0. The smallest absolute Gasteiger partial charge is 0.377 e. The summed E-state index contributed by atoms with van der Waals surface area (Å²) in [5.41, 5.74) is -0.0661. The van der Waals surface area contributed by atoms with Gasteiger partial charge < -0.3 is 15.4 Å². The summed E-state index contributed by atoms with van der Waals surface area (Å²) in [6.07, 6.45) is -3.06. The molecule has 1 heterocycles. The number of alkyl halides is 3. The Morgan fingerprint density at radius 3 is 2.78 bits per heavy atom. The lowest BCUT2D eigenvalue weighted by Gasteiger charge is -2.55. The maximum Gasteiger partial charge on any atom is 0.416 e. The number of fused-ring (bicyclic) bond motifs is 1. The zero-order valence-electron chi connectivity index (χ0n) is 16.2. The minimum absolute atomic E-state index is 0.00318. The Kier molecular flexibility index (Phi) is 5.43. The average molecular weight is 383 g/mol. The third-order valence-corrected chi connectivity index (χ3v) is 5.78. The van der Waals surface area contributed by atoms with Crippen molar-refractivity contribution in [3.8, 4) is 0 Å². The molecule has 0 amide bonds. The van der Waals surface area contributed by atoms with E-state index >= 15 is 0 Å². The number of nitrogens with one attached hydrogen (secondary N) is 2. The molecule has 0 radical (unpaired) electrons. The van der Waals surface area contributed by atoms with Crippen LogP contribution in [0.3, 0.4) is 0 Å². The van der Waals surface area contributed by atoms with Gasteiger partial charge in [-0.2, -0.15) is 13.2 Å². The quantitative estimate of drug-likeness (QED) is 0.607. The van der Waals surface area contributed by atoms with Gasteiger partial charge in [-0.1, -0.05) is 26.0 Å². The predicted octanol–water partition coefficient (Wildman–Crippen LogP) is 4.14. The zero-order chi connectivity index (χ0) is 19.8. The van der Waals surface area contributed by atoms with Crippen LogP contribution < -0.4 is 10.6 Å². The molecular weight excluding hydrogens is 355 g/mol. The van der Waals surface area contributed by atoms with Crippen LogP contribution in [0.5, 0.6) is 0 Å². The van der Waals surface area contributed by atoms with Gasteiger partial charge in [-0.3, -0.25) is 4.99 Å². The van der Waals surface area contributed by atoms with Crippen molar-refractivity contribution in [3.63, 3.8) is 0 Å². The van der Waals surface area contributed by atoms with Gasteiger partial charge in [0.2, 0.25) is 0 Å². The lowest BCUT2D eigenvalue weighted by molar-refractivity contribution is -0.137. The Morgan fingerprint density at radius 1 is 1.37 bits per heavy atom. The van der Waals surface area contributed by atoms with Crippen molar-refractivity contribution in [1.82, 2.24) is 10.6 Å². The van der Waals surface area contributed by atoms with Crippen molar-refractivity contribution in [2.45, 2.75) is 58.5 Å². The number of guanidine groups is 1. The van der Waals surface area contributed by atoms with E-state index < -0.39 is 11.7 Å². The summed E-state index contributed by atoms with van der Waals surface area (Å²) in [6, 6.07) is 5.35. The minimum atomic E-state index is -4.35.